The van der Waals surface area contributed by atoms with Gasteiger partial charge in [-0.1, -0.05) is 12.2 Å². The minimum atomic E-state index is 0.588. The maximum absolute atomic E-state index is 4.86. The van der Waals surface area contributed by atoms with E-state index in [1.807, 2.05) is 0 Å². The van der Waals surface area contributed by atoms with Crippen LogP contribution in [0.3, 0.4) is 0 Å². The molecule has 2 atom stereocenters. The molecule has 0 saturated carbocycles. The molecule has 4 rings (SSSR count). The van der Waals surface area contributed by atoms with Gasteiger partial charge in [-0.3, -0.25) is 9.97 Å². The summed E-state index contributed by atoms with van der Waals surface area (Å²) >= 11 is 0. The van der Waals surface area contributed by atoms with Gasteiger partial charge in [-0.05, 0) is 32.1 Å². The van der Waals surface area contributed by atoms with Crippen LogP contribution in [0.2, 0.25) is 0 Å². The molecule has 2 nitrogen and oxygen atoms in total. The maximum Gasteiger partial charge on any atom is 0.0697 e. The highest BCUT2D eigenvalue weighted by molar-refractivity contribution is 5.41. The predicted octanol–water partition coefficient (Wildman–Crippen LogP) is 2.50. The average molecular weight is 198 g/mol. The molecule has 0 amide bonds. The van der Waals surface area contributed by atoms with E-state index in [2.05, 4.69) is 12.2 Å². The molecule has 2 heteroatoms. The Bertz CT molecular complexity index is 421. The van der Waals surface area contributed by atoms with Gasteiger partial charge in [-0.2, -0.15) is 0 Å². The molecule has 1 heterocycles. The van der Waals surface area contributed by atoms with Crippen LogP contribution in [-0.2, 0) is 12.8 Å². The van der Waals surface area contributed by atoms with E-state index in [0.717, 1.165) is 12.8 Å². The van der Waals surface area contributed by atoms with Crippen LogP contribution in [0.4, 0.5) is 0 Å². The monoisotopic (exact) mass is 198 g/mol. The van der Waals surface area contributed by atoms with Gasteiger partial charge in [0.1, 0.15) is 0 Å². The van der Waals surface area contributed by atoms with Crippen LogP contribution < -0.4 is 0 Å². The third kappa shape index (κ3) is 0.996. The van der Waals surface area contributed by atoms with Gasteiger partial charge in [0.15, 0.2) is 0 Å². The summed E-state index contributed by atoms with van der Waals surface area (Å²) in [4.78, 5) is 9.73. The van der Waals surface area contributed by atoms with Gasteiger partial charge in [0.2, 0.25) is 0 Å². The van der Waals surface area contributed by atoms with Crippen molar-refractivity contribution in [2.75, 3.05) is 0 Å². The van der Waals surface area contributed by atoms with Gasteiger partial charge in [0.05, 0.1) is 22.8 Å². The molecule has 2 bridgehead atoms. The second-order valence-corrected chi connectivity index (χ2v) is 4.93. The number of aryl methyl sites for hydroxylation is 2. The number of hydrogen-bond donors (Lipinski definition) is 0. The molecule has 1 aromatic rings. The van der Waals surface area contributed by atoms with Crippen LogP contribution >= 0.6 is 0 Å². The molecular weight excluding hydrogens is 184 g/mol. The number of hydrogen-bond acceptors (Lipinski definition) is 2. The van der Waals surface area contributed by atoms with E-state index in [1.165, 1.54) is 42.0 Å². The molecule has 0 fully saturated rings. The molecule has 3 aliphatic carbocycles. The van der Waals surface area contributed by atoms with E-state index >= 15 is 0 Å². The standard InChI is InChI=1S/C13H14N2/c1-2-4-11-10(3-1)14-12-8-5-6-9(7-8)13(12)15-11/h5-6,8-9H,1-4,7H2. The van der Waals surface area contributed by atoms with Crippen LogP contribution in [0.5, 0.6) is 0 Å². The van der Waals surface area contributed by atoms with Crippen LogP contribution in [-0.4, -0.2) is 9.97 Å². The van der Waals surface area contributed by atoms with Gasteiger partial charge in [0.25, 0.3) is 0 Å². The summed E-state index contributed by atoms with van der Waals surface area (Å²) in [6.07, 6.45) is 10.8. The Morgan fingerprint density at radius 2 is 1.40 bits per heavy atom. The van der Waals surface area contributed by atoms with Crippen LogP contribution in [0.1, 0.15) is 53.9 Å². The molecule has 76 valence electrons. The second kappa shape index (κ2) is 2.69. The van der Waals surface area contributed by atoms with Gasteiger partial charge in [-0.25, -0.2) is 0 Å². The summed E-state index contributed by atoms with van der Waals surface area (Å²) in [7, 11) is 0. The average Bonchev–Trinajstić information content (AvgIpc) is 2.87. The minimum Gasteiger partial charge on any atom is -0.253 e. The van der Waals surface area contributed by atoms with Gasteiger partial charge in [-0.15, -0.1) is 0 Å². The Labute approximate surface area is 89.4 Å². The fourth-order valence-electron chi connectivity index (χ4n) is 3.17. The van der Waals surface area contributed by atoms with Crippen molar-refractivity contribution in [3.05, 3.63) is 34.9 Å². The summed E-state index contributed by atoms with van der Waals surface area (Å²) in [6.45, 7) is 0. The van der Waals surface area contributed by atoms with Crippen LogP contribution in [0.25, 0.3) is 0 Å². The van der Waals surface area contributed by atoms with E-state index < -0.39 is 0 Å². The lowest BCUT2D eigenvalue weighted by Gasteiger charge is -2.17. The molecule has 0 aliphatic heterocycles. The number of allylic oxidation sites excluding steroid dienone is 2. The Morgan fingerprint density at radius 3 is 1.93 bits per heavy atom. The zero-order chi connectivity index (χ0) is 9.83. The molecule has 3 aliphatic rings. The molecule has 0 N–H and O–H groups in total. The summed E-state index contributed by atoms with van der Waals surface area (Å²) in [5.41, 5.74) is 5.17. The summed E-state index contributed by atoms with van der Waals surface area (Å²) in [5, 5.41) is 0. The molecule has 0 saturated heterocycles. The fraction of sp³-hybridized carbons (Fsp3) is 0.538. The Morgan fingerprint density at radius 1 is 0.867 bits per heavy atom. The topological polar surface area (TPSA) is 25.8 Å². The smallest absolute Gasteiger partial charge is 0.0697 e. The van der Waals surface area contributed by atoms with Crippen molar-refractivity contribution in [2.24, 2.45) is 0 Å². The number of nitrogens with zero attached hydrogens (tertiary/aromatic N) is 2. The van der Waals surface area contributed by atoms with E-state index in [1.54, 1.807) is 0 Å². The van der Waals surface area contributed by atoms with E-state index in [0.29, 0.717) is 11.8 Å². The van der Waals surface area contributed by atoms with Crippen molar-refractivity contribution in [3.63, 3.8) is 0 Å². The first-order valence-corrected chi connectivity index (χ1v) is 6.00. The fourth-order valence-corrected chi connectivity index (χ4v) is 3.17. The SMILES string of the molecule is C1=CC2CC1c1nc3c(nc12)CCCC3. The highest BCUT2D eigenvalue weighted by Gasteiger charge is 2.36. The third-order valence-electron chi connectivity index (χ3n) is 3.97. The van der Waals surface area contributed by atoms with Crippen molar-refractivity contribution < 1.29 is 0 Å². The molecular formula is C13H14N2. The van der Waals surface area contributed by atoms with E-state index in [-0.39, 0.29) is 0 Å². The third-order valence-corrected chi connectivity index (χ3v) is 3.97. The lowest BCUT2D eigenvalue weighted by atomic mass is 9.98. The number of fused-ring (bicyclic) bond motifs is 6. The number of aromatic nitrogens is 2. The highest BCUT2D eigenvalue weighted by atomic mass is 14.9. The summed E-state index contributed by atoms with van der Waals surface area (Å²) in [6, 6.07) is 0. The second-order valence-electron chi connectivity index (χ2n) is 4.93. The van der Waals surface area contributed by atoms with Gasteiger partial charge < -0.3 is 0 Å². The van der Waals surface area contributed by atoms with Crippen molar-refractivity contribution in [1.82, 2.24) is 9.97 Å². The Balaban J connectivity index is 1.91. The first-order chi connectivity index (χ1) is 7.42. The van der Waals surface area contributed by atoms with Crippen molar-refractivity contribution in [3.8, 4) is 0 Å². The molecule has 0 radical (unpaired) electrons. The lowest BCUT2D eigenvalue weighted by molar-refractivity contribution is 0.639. The van der Waals surface area contributed by atoms with Crippen molar-refractivity contribution in [2.45, 2.75) is 43.9 Å². The van der Waals surface area contributed by atoms with Gasteiger partial charge in [0, 0.05) is 11.8 Å². The van der Waals surface area contributed by atoms with Crippen molar-refractivity contribution >= 4 is 0 Å². The number of rotatable bonds is 0. The normalized spacial score (nSPS) is 30.4. The predicted molar refractivity (Wildman–Crippen MR) is 57.9 cm³/mol. The van der Waals surface area contributed by atoms with Crippen LogP contribution in [0.15, 0.2) is 12.2 Å². The lowest BCUT2D eigenvalue weighted by Crippen LogP contribution is -2.13. The molecule has 15 heavy (non-hydrogen) atoms. The quantitative estimate of drug-likeness (QED) is 0.598. The Kier molecular flexibility index (Phi) is 1.44. The first kappa shape index (κ1) is 8.03. The first-order valence-electron chi connectivity index (χ1n) is 6.00. The molecule has 2 unspecified atom stereocenters. The zero-order valence-corrected chi connectivity index (χ0v) is 8.74. The minimum absolute atomic E-state index is 0.588. The zero-order valence-electron chi connectivity index (χ0n) is 8.74. The Hall–Kier alpha value is -1.18. The maximum atomic E-state index is 4.86. The largest absolute Gasteiger partial charge is 0.253 e. The van der Waals surface area contributed by atoms with E-state index in [4.69, 9.17) is 9.97 Å². The molecule has 0 aromatic carbocycles. The molecule has 0 spiro atoms. The summed E-state index contributed by atoms with van der Waals surface area (Å²) < 4.78 is 0. The van der Waals surface area contributed by atoms with E-state index in [9.17, 15) is 0 Å². The van der Waals surface area contributed by atoms with Gasteiger partial charge >= 0.3 is 0 Å². The highest BCUT2D eigenvalue weighted by Crippen LogP contribution is 2.46. The van der Waals surface area contributed by atoms with Crippen LogP contribution in [0, 0.1) is 0 Å². The van der Waals surface area contributed by atoms with Crippen molar-refractivity contribution in [1.29, 1.82) is 0 Å². The summed E-state index contributed by atoms with van der Waals surface area (Å²) in [5.74, 6) is 1.18. The molecule has 1 aromatic heterocycles.